The molecule has 0 radical (unpaired) electrons. The first-order valence-corrected chi connectivity index (χ1v) is 13.6. The number of fused-ring (bicyclic) bond motifs is 2. The van der Waals surface area contributed by atoms with Crippen molar-refractivity contribution in [3.05, 3.63) is 24.3 Å². The molecule has 0 aromatic rings. The third kappa shape index (κ3) is 4.01. The molecule has 2 unspecified atom stereocenters. The Hall–Kier alpha value is -2.19. The maximum atomic E-state index is 14.4. The van der Waals surface area contributed by atoms with Gasteiger partial charge in [-0.1, -0.05) is 58.4 Å². The van der Waals surface area contributed by atoms with Gasteiger partial charge in [0.1, 0.15) is 23.2 Å². The molecule has 0 bridgehead atoms. The van der Waals surface area contributed by atoms with Gasteiger partial charge in [-0.15, -0.1) is 0 Å². The number of rotatable bonds is 7. The second-order valence-corrected chi connectivity index (χ2v) is 11.1. The SMILES string of the molecule is CCCC(C)N1CC=C[C@]23O[C@]4(CC)/C=C\CCCOC(=O)[C@@H]4[C@H]2C(=O)N([C@@H](CO)C(C)C)C3C1=O. The molecule has 0 saturated carbocycles. The van der Waals surface area contributed by atoms with Gasteiger partial charge in [-0.25, -0.2) is 0 Å². The lowest BCUT2D eigenvalue weighted by Gasteiger charge is -2.42. The Kier molecular flexibility index (Phi) is 7.68. The summed E-state index contributed by atoms with van der Waals surface area (Å²) >= 11 is 0. The molecule has 8 nitrogen and oxygen atoms in total. The van der Waals surface area contributed by atoms with Crippen LogP contribution in [0.15, 0.2) is 24.3 Å². The van der Waals surface area contributed by atoms with Crippen molar-refractivity contribution in [3.8, 4) is 0 Å². The third-order valence-corrected chi connectivity index (χ3v) is 8.65. The van der Waals surface area contributed by atoms with Crippen molar-refractivity contribution < 1.29 is 29.0 Å². The van der Waals surface area contributed by atoms with Crippen LogP contribution < -0.4 is 0 Å². The quantitative estimate of drug-likeness (QED) is 0.425. The Morgan fingerprint density at radius 3 is 2.47 bits per heavy atom. The number of cyclic esters (lactones) is 1. The summed E-state index contributed by atoms with van der Waals surface area (Å²) in [6.07, 6.45) is 11.4. The fourth-order valence-electron chi connectivity index (χ4n) is 6.78. The zero-order valence-corrected chi connectivity index (χ0v) is 22.3. The van der Waals surface area contributed by atoms with Crippen molar-refractivity contribution in [2.45, 2.75) is 96.1 Å². The summed E-state index contributed by atoms with van der Waals surface area (Å²) in [6.45, 7) is 10.3. The average Bonchev–Trinajstić information content (AvgIpc) is 3.21. The number of hydrogen-bond donors (Lipinski definition) is 1. The van der Waals surface area contributed by atoms with E-state index in [0.717, 1.165) is 19.3 Å². The van der Waals surface area contributed by atoms with Crippen LogP contribution in [0.3, 0.4) is 0 Å². The van der Waals surface area contributed by atoms with Gasteiger partial charge in [0, 0.05) is 12.6 Å². The number of ether oxygens (including phenoxy) is 2. The zero-order chi connectivity index (χ0) is 26.3. The normalized spacial score (nSPS) is 36.9. The Balaban J connectivity index is 1.92. The maximum absolute atomic E-state index is 14.4. The van der Waals surface area contributed by atoms with Crippen LogP contribution in [0.25, 0.3) is 0 Å². The van der Waals surface area contributed by atoms with Crippen molar-refractivity contribution in [2.75, 3.05) is 19.8 Å². The first kappa shape index (κ1) is 26.9. The predicted molar refractivity (Wildman–Crippen MR) is 135 cm³/mol. The Morgan fingerprint density at radius 1 is 1.08 bits per heavy atom. The van der Waals surface area contributed by atoms with E-state index in [1.54, 1.807) is 4.90 Å². The molecular weight excluding hydrogens is 460 g/mol. The number of carbonyl (C=O) groups excluding carboxylic acids is 3. The van der Waals surface area contributed by atoms with E-state index in [4.69, 9.17) is 9.47 Å². The molecule has 0 aromatic carbocycles. The van der Waals surface area contributed by atoms with Gasteiger partial charge >= 0.3 is 5.97 Å². The molecule has 4 rings (SSSR count). The van der Waals surface area contributed by atoms with E-state index in [9.17, 15) is 19.5 Å². The number of esters is 1. The van der Waals surface area contributed by atoms with Gasteiger partial charge in [-0.05, 0) is 38.5 Å². The largest absolute Gasteiger partial charge is 0.465 e. The van der Waals surface area contributed by atoms with Crippen LogP contribution >= 0.6 is 0 Å². The number of carbonyl (C=O) groups is 3. The molecule has 2 amide bonds. The number of hydrogen-bond acceptors (Lipinski definition) is 6. The van der Waals surface area contributed by atoms with Gasteiger partial charge in [0.25, 0.3) is 0 Å². The minimum atomic E-state index is -1.32. The molecule has 0 aliphatic carbocycles. The molecule has 1 N–H and O–H groups in total. The van der Waals surface area contributed by atoms with Crippen LogP contribution in [0, 0.1) is 17.8 Å². The fourth-order valence-corrected chi connectivity index (χ4v) is 6.78. The van der Waals surface area contributed by atoms with E-state index >= 15 is 0 Å². The van der Waals surface area contributed by atoms with Crippen molar-refractivity contribution >= 4 is 17.8 Å². The van der Waals surface area contributed by atoms with Crippen molar-refractivity contribution in [1.82, 2.24) is 9.80 Å². The summed E-state index contributed by atoms with van der Waals surface area (Å²) in [7, 11) is 0. The van der Waals surface area contributed by atoms with Crippen LogP contribution in [0.4, 0.5) is 0 Å². The lowest BCUT2D eigenvalue weighted by atomic mass is 9.73. The first-order valence-electron chi connectivity index (χ1n) is 13.6. The van der Waals surface area contributed by atoms with Crippen molar-refractivity contribution in [3.63, 3.8) is 0 Å². The highest BCUT2D eigenvalue weighted by molar-refractivity contribution is 5.99. The smallest absolute Gasteiger partial charge is 0.313 e. The van der Waals surface area contributed by atoms with Crippen LogP contribution in [0.2, 0.25) is 0 Å². The molecule has 8 heteroatoms. The second-order valence-electron chi connectivity index (χ2n) is 11.1. The molecule has 7 atom stereocenters. The van der Waals surface area contributed by atoms with E-state index in [1.165, 1.54) is 0 Å². The van der Waals surface area contributed by atoms with Crippen LogP contribution in [0.5, 0.6) is 0 Å². The number of aliphatic hydroxyl groups is 1. The number of likely N-dealkylation sites (tertiary alicyclic amines) is 1. The maximum Gasteiger partial charge on any atom is 0.313 e. The summed E-state index contributed by atoms with van der Waals surface area (Å²) in [6, 6.07) is -1.56. The number of aliphatic hydroxyl groups excluding tert-OH is 1. The van der Waals surface area contributed by atoms with E-state index in [2.05, 4.69) is 6.92 Å². The highest BCUT2D eigenvalue weighted by Crippen LogP contribution is 2.58. The van der Waals surface area contributed by atoms with Gasteiger partial charge in [-0.2, -0.15) is 0 Å². The first-order chi connectivity index (χ1) is 17.2. The molecule has 4 aliphatic rings. The standard InChI is InChI=1S/C28H42N2O6/c1-6-12-19(5)29-15-11-14-28-21(24(32)30(23(28)25(29)33)20(17-31)18(3)4)22-26(34)35-16-10-8-9-13-27(22,7-2)36-28/h9,11,13-14,18-23,31H,6-8,10,12,15-17H2,1-5H3/b13-9-/t19?,20-,21-,22-,23?,27+,28-/m0/s1. The molecule has 1 spiro atoms. The molecule has 200 valence electrons. The van der Waals surface area contributed by atoms with E-state index in [1.807, 2.05) is 56.9 Å². The van der Waals surface area contributed by atoms with Gasteiger partial charge in [-0.3, -0.25) is 14.4 Å². The van der Waals surface area contributed by atoms with Gasteiger partial charge in [0.2, 0.25) is 11.8 Å². The van der Waals surface area contributed by atoms with Gasteiger partial charge < -0.3 is 24.4 Å². The summed E-state index contributed by atoms with van der Waals surface area (Å²) in [5.41, 5.74) is -2.37. The third-order valence-electron chi connectivity index (χ3n) is 8.65. The minimum absolute atomic E-state index is 0.0199. The average molecular weight is 503 g/mol. The molecule has 4 heterocycles. The van der Waals surface area contributed by atoms with E-state index in [0.29, 0.717) is 19.4 Å². The van der Waals surface area contributed by atoms with Crippen molar-refractivity contribution in [2.24, 2.45) is 17.8 Å². The number of allylic oxidation sites excluding steroid dienone is 1. The molecule has 2 fully saturated rings. The van der Waals surface area contributed by atoms with Gasteiger partial charge in [0.15, 0.2) is 0 Å². The second kappa shape index (κ2) is 10.3. The monoisotopic (exact) mass is 502 g/mol. The summed E-state index contributed by atoms with van der Waals surface area (Å²) < 4.78 is 12.6. The number of nitrogens with zero attached hydrogens (tertiary/aromatic N) is 2. The molecule has 4 aliphatic heterocycles. The highest BCUT2D eigenvalue weighted by atomic mass is 16.6. The van der Waals surface area contributed by atoms with Crippen molar-refractivity contribution in [1.29, 1.82) is 0 Å². The number of amides is 2. The summed E-state index contributed by atoms with van der Waals surface area (Å²) in [5.74, 6) is -2.84. The molecule has 36 heavy (non-hydrogen) atoms. The van der Waals surface area contributed by atoms with E-state index < -0.39 is 41.1 Å². The summed E-state index contributed by atoms with van der Waals surface area (Å²) in [4.78, 5) is 45.6. The van der Waals surface area contributed by atoms with Gasteiger partial charge in [0.05, 0.1) is 25.2 Å². The van der Waals surface area contributed by atoms with Crippen LogP contribution in [-0.4, -0.2) is 81.8 Å². The van der Waals surface area contributed by atoms with Crippen LogP contribution in [0.1, 0.15) is 66.7 Å². The lowest BCUT2D eigenvalue weighted by Crippen LogP contribution is -2.60. The topological polar surface area (TPSA) is 96.4 Å². The Labute approximate surface area is 214 Å². The lowest BCUT2D eigenvalue weighted by molar-refractivity contribution is -0.164. The predicted octanol–water partition coefficient (Wildman–Crippen LogP) is 2.84. The highest BCUT2D eigenvalue weighted by Gasteiger charge is 2.76. The molecular formula is C28H42N2O6. The zero-order valence-electron chi connectivity index (χ0n) is 22.3. The summed E-state index contributed by atoms with van der Waals surface area (Å²) in [5, 5.41) is 10.4. The van der Waals surface area contributed by atoms with Crippen LogP contribution in [-0.2, 0) is 23.9 Å². The molecule has 2 saturated heterocycles. The Morgan fingerprint density at radius 2 is 1.83 bits per heavy atom. The fraction of sp³-hybridized carbons (Fsp3) is 0.750. The minimum Gasteiger partial charge on any atom is -0.465 e. The Bertz CT molecular complexity index is 931. The van der Waals surface area contributed by atoms with E-state index in [-0.39, 0.29) is 37.0 Å². The molecule has 0 aromatic heterocycles.